The number of carboxylic acids is 1. The van der Waals surface area contributed by atoms with Gasteiger partial charge in [-0.3, -0.25) is 9.59 Å². The van der Waals surface area contributed by atoms with E-state index in [0.29, 0.717) is 12.8 Å². The number of ether oxygens (including phenoxy) is 1. The summed E-state index contributed by atoms with van der Waals surface area (Å²) >= 11 is 0. The minimum Gasteiger partial charge on any atom is -0.481 e. The highest BCUT2D eigenvalue weighted by Gasteiger charge is 2.31. The summed E-state index contributed by atoms with van der Waals surface area (Å²) in [5, 5.41) is 14.8. The predicted octanol–water partition coefficient (Wildman–Crippen LogP) is 4.84. The van der Waals surface area contributed by atoms with Gasteiger partial charge in [0, 0.05) is 30.3 Å². The summed E-state index contributed by atoms with van der Waals surface area (Å²) in [4.78, 5) is 35.8. The lowest BCUT2D eigenvalue weighted by Crippen LogP contribution is -2.44. The van der Waals surface area contributed by atoms with Gasteiger partial charge in [0.1, 0.15) is 6.61 Å². The molecule has 0 heterocycles. The van der Waals surface area contributed by atoms with E-state index in [1.54, 1.807) is 0 Å². The number of nitrogens with one attached hydrogen (secondary N) is 2. The molecule has 2 aromatic carbocycles. The van der Waals surface area contributed by atoms with Crippen LogP contribution in [-0.4, -0.2) is 41.3 Å². The normalized spacial score (nSPS) is 19.0. The SMILES string of the molecule is CC(C)(CCC(=O)O)NC(=O)C[C@H]1CC[C@@H](NC(=O)OCC2c3ccccc3-c3ccccc32)C1. The molecule has 1 saturated carbocycles. The van der Waals surface area contributed by atoms with Crippen molar-refractivity contribution in [2.24, 2.45) is 5.92 Å². The van der Waals surface area contributed by atoms with Crippen molar-refractivity contribution in [1.82, 2.24) is 10.6 Å². The molecule has 186 valence electrons. The second kappa shape index (κ2) is 10.5. The second-order valence-electron chi connectivity index (χ2n) is 10.4. The number of carboxylic acid groups (broad SMARTS) is 1. The van der Waals surface area contributed by atoms with Gasteiger partial charge in [-0.15, -0.1) is 0 Å². The number of hydrogen-bond acceptors (Lipinski definition) is 4. The van der Waals surface area contributed by atoms with Crippen LogP contribution in [0.3, 0.4) is 0 Å². The van der Waals surface area contributed by atoms with E-state index < -0.39 is 17.6 Å². The summed E-state index contributed by atoms with van der Waals surface area (Å²) in [6.07, 6.45) is 2.75. The minimum absolute atomic E-state index is 0.0107. The van der Waals surface area contributed by atoms with Crippen molar-refractivity contribution in [1.29, 1.82) is 0 Å². The Hall–Kier alpha value is -3.35. The van der Waals surface area contributed by atoms with Gasteiger partial charge in [-0.25, -0.2) is 4.79 Å². The summed E-state index contributed by atoms with van der Waals surface area (Å²) in [5.41, 5.74) is 4.19. The maximum absolute atomic E-state index is 12.6. The maximum Gasteiger partial charge on any atom is 0.407 e. The second-order valence-corrected chi connectivity index (χ2v) is 10.4. The van der Waals surface area contributed by atoms with Crippen LogP contribution in [0.15, 0.2) is 48.5 Å². The molecule has 2 aromatic rings. The van der Waals surface area contributed by atoms with Crippen molar-refractivity contribution >= 4 is 18.0 Å². The van der Waals surface area contributed by atoms with Crippen molar-refractivity contribution in [3.8, 4) is 11.1 Å². The van der Waals surface area contributed by atoms with E-state index in [2.05, 4.69) is 34.9 Å². The molecular formula is C28H34N2O5. The number of carbonyl (C=O) groups excluding carboxylic acids is 2. The molecule has 0 spiro atoms. The fourth-order valence-corrected chi connectivity index (χ4v) is 5.37. The monoisotopic (exact) mass is 478 g/mol. The molecule has 35 heavy (non-hydrogen) atoms. The number of hydrogen-bond donors (Lipinski definition) is 3. The Bertz CT molecular complexity index is 1050. The van der Waals surface area contributed by atoms with Crippen LogP contribution in [0.2, 0.25) is 0 Å². The van der Waals surface area contributed by atoms with Crippen molar-refractivity contribution < 1.29 is 24.2 Å². The summed E-state index contributed by atoms with van der Waals surface area (Å²) in [7, 11) is 0. The van der Waals surface area contributed by atoms with E-state index in [-0.39, 0.29) is 36.8 Å². The molecule has 2 atom stereocenters. The average molecular weight is 479 g/mol. The highest BCUT2D eigenvalue weighted by atomic mass is 16.5. The molecule has 0 aliphatic heterocycles. The van der Waals surface area contributed by atoms with Gasteiger partial charge in [0.2, 0.25) is 5.91 Å². The zero-order valence-corrected chi connectivity index (χ0v) is 20.4. The fourth-order valence-electron chi connectivity index (χ4n) is 5.37. The lowest BCUT2D eigenvalue weighted by molar-refractivity contribution is -0.137. The van der Waals surface area contributed by atoms with Crippen molar-refractivity contribution in [3.63, 3.8) is 0 Å². The summed E-state index contributed by atoms with van der Waals surface area (Å²) < 4.78 is 5.65. The number of rotatable bonds is 9. The Morgan fingerprint density at radius 2 is 1.63 bits per heavy atom. The van der Waals surface area contributed by atoms with Crippen molar-refractivity contribution in [3.05, 3.63) is 59.7 Å². The lowest BCUT2D eigenvalue weighted by atomic mass is 9.96. The number of aliphatic carboxylic acids is 1. The molecule has 2 aliphatic rings. The molecular weight excluding hydrogens is 444 g/mol. The molecule has 0 radical (unpaired) electrons. The Morgan fingerprint density at radius 1 is 1.00 bits per heavy atom. The maximum atomic E-state index is 12.6. The highest BCUT2D eigenvalue weighted by molar-refractivity contribution is 5.79. The Morgan fingerprint density at radius 3 is 2.26 bits per heavy atom. The molecule has 0 saturated heterocycles. The van der Waals surface area contributed by atoms with E-state index in [1.807, 2.05) is 38.1 Å². The molecule has 0 unspecified atom stereocenters. The quantitative estimate of drug-likeness (QED) is 0.478. The smallest absolute Gasteiger partial charge is 0.407 e. The zero-order chi connectivity index (χ0) is 25.0. The van der Waals surface area contributed by atoms with Crippen LogP contribution in [0.4, 0.5) is 4.79 Å². The number of alkyl carbamates (subject to hydrolysis) is 1. The largest absolute Gasteiger partial charge is 0.481 e. The van der Waals surface area contributed by atoms with Gasteiger partial charge < -0.3 is 20.5 Å². The Balaban J connectivity index is 1.23. The van der Waals surface area contributed by atoms with Gasteiger partial charge in [0.25, 0.3) is 0 Å². The number of carbonyl (C=O) groups is 3. The summed E-state index contributed by atoms with van der Waals surface area (Å²) in [6, 6.07) is 16.5. The predicted molar refractivity (Wildman–Crippen MR) is 133 cm³/mol. The molecule has 2 aliphatic carbocycles. The minimum atomic E-state index is -0.870. The van der Waals surface area contributed by atoms with Crippen molar-refractivity contribution in [2.75, 3.05) is 6.61 Å². The molecule has 3 N–H and O–H groups in total. The number of fused-ring (bicyclic) bond motifs is 3. The van der Waals surface area contributed by atoms with E-state index in [1.165, 1.54) is 22.3 Å². The third kappa shape index (κ3) is 6.21. The van der Waals surface area contributed by atoms with Gasteiger partial charge in [-0.2, -0.15) is 0 Å². The topological polar surface area (TPSA) is 105 Å². The van der Waals surface area contributed by atoms with Gasteiger partial charge >= 0.3 is 12.1 Å². The van der Waals surface area contributed by atoms with Gasteiger partial charge in [0.05, 0.1) is 0 Å². The third-order valence-electron chi connectivity index (χ3n) is 7.12. The van der Waals surface area contributed by atoms with E-state index >= 15 is 0 Å². The third-order valence-corrected chi connectivity index (χ3v) is 7.12. The van der Waals surface area contributed by atoms with Crippen molar-refractivity contribution in [2.45, 2.75) is 69.9 Å². The lowest BCUT2D eigenvalue weighted by Gasteiger charge is -2.26. The first-order chi connectivity index (χ1) is 16.7. The molecule has 7 nitrogen and oxygen atoms in total. The van der Waals surface area contributed by atoms with E-state index in [9.17, 15) is 14.4 Å². The van der Waals surface area contributed by atoms with Crippen LogP contribution >= 0.6 is 0 Å². The van der Waals surface area contributed by atoms with E-state index in [4.69, 9.17) is 9.84 Å². The van der Waals surface area contributed by atoms with Gasteiger partial charge in [0.15, 0.2) is 0 Å². The first-order valence-electron chi connectivity index (χ1n) is 12.4. The van der Waals surface area contributed by atoms with E-state index in [0.717, 1.165) is 19.3 Å². The van der Waals surface area contributed by atoms with Crippen LogP contribution in [0.25, 0.3) is 11.1 Å². The molecule has 0 aromatic heterocycles. The number of benzene rings is 2. The zero-order valence-electron chi connectivity index (χ0n) is 20.4. The average Bonchev–Trinajstić information content (AvgIpc) is 3.37. The molecule has 0 bridgehead atoms. The molecule has 1 fully saturated rings. The van der Waals surface area contributed by atoms with Crippen LogP contribution in [0, 0.1) is 5.92 Å². The standard InChI is InChI=1S/C28H34N2O5/c1-28(2,14-13-26(32)33)30-25(31)16-18-11-12-19(15-18)29-27(34)35-17-24-22-9-5-3-7-20(22)21-8-4-6-10-23(21)24/h3-10,18-19,24H,11-17H2,1-2H3,(H,29,34)(H,30,31)(H,32,33)/t18-,19+/m0/s1. The van der Waals surface area contributed by atoms with Gasteiger partial charge in [-0.05, 0) is 67.7 Å². The van der Waals surface area contributed by atoms with Crippen LogP contribution in [0.1, 0.15) is 69.4 Å². The Kier molecular flexibility index (Phi) is 7.43. The summed E-state index contributed by atoms with van der Waals surface area (Å²) in [5.74, 6) is -0.737. The van der Waals surface area contributed by atoms with Crippen LogP contribution in [-0.2, 0) is 14.3 Å². The van der Waals surface area contributed by atoms with Crippen LogP contribution in [0.5, 0.6) is 0 Å². The molecule has 2 amide bonds. The molecule has 4 rings (SSSR count). The van der Waals surface area contributed by atoms with Gasteiger partial charge in [-0.1, -0.05) is 48.5 Å². The van der Waals surface area contributed by atoms with Crippen LogP contribution < -0.4 is 10.6 Å². The summed E-state index contributed by atoms with van der Waals surface area (Å²) in [6.45, 7) is 3.96. The number of amides is 2. The molecule has 7 heteroatoms. The first-order valence-corrected chi connectivity index (χ1v) is 12.4. The fraction of sp³-hybridized carbons (Fsp3) is 0.464. The highest BCUT2D eigenvalue weighted by Crippen LogP contribution is 2.44. The Labute approximate surface area is 206 Å². The first kappa shape index (κ1) is 24.8.